The van der Waals surface area contributed by atoms with Gasteiger partial charge >= 0.3 is 5.97 Å². The van der Waals surface area contributed by atoms with Crippen LogP contribution in [0.1, 0.15) is 297 Å². The van der Waals surface area contributed by atoms with E-state index in [-0.39, 0.29) is 18.9 Å². The number of carbonyl (C=O) groups excluding carboxylic acids is 2. The molecular formula is C71H134N2O21. The van der Waals surface area contributed by atoms with E-state index in [4.69, 9.17) is 28.4 Å². The molecule has 0 saturated carbocycles. The van der Waals surface area contributed by atoms with Crippen LogP contribution >= 0.6 is 0 Å². The number of hydrogen-bond acceptors (Lipinski definition) is 20. The molecule has 18 atom stereocenters. The Bertz CT molecular complexity index is 1900. The monoisotopic (exact) mass is 1350 g/mol. The fourth-order valence-corrected chi connectivity index (χ4v) is 13.4. The summed E-state index contributed by atoms with van der Waals surface area (Å²) in [7, 11) is 0. The minimum Gasteiger partial charge on any atom is -0.477 e. The van der Waals surface area contributed by atoms with Gasteiger partial charge in [0.15, 0.2) is 12.6 Å². The zero-order valence-corrected chi connectivity index (χ0v) is 58.1. The summed E-state index contributed by atoms with van der Waals surface area (Å²) in [5.41, 5.74) is 0. The predicted molar refractivity (Wildman–Crippen MR) is 357 cm³/mol. The van der Waals surface area contributed by atoms with Crippen molar-refractivity contribution >= 4 is 17.8 Å². The maximum atomic E-state index is 13.5. The zero-order chi connectivity index (χ0) is 68.9. The van der Waals surface area contributed by atoms with Crippen LogP contribution in [0.5, 0.6) is 0 Å². The van der Waals surface area contributed by atoms with Crippen molar-refractivity contribution in [3.8, 4) is 0 Å². The molecule has 0 aromatic rings. The van der Waals surface area contributed by atoms with Crippen molar-refractivity contribution in [1.29, 1.82) is 0 Å². The van der Waals surface area contributed by atoms with Gasteiger partial charge in [0.1, 0.15) is 67.1 Å². The number of amides is 2. The predicted octanol–water partition coefficient (Wildman–Crippen LogP) is 8.07. The highest BCUT2D eigenvalue weighted by Crippen LogP contribution is 2.39. The van der Waals surface area contributed by atoms with E-state index in [1.54, 1.807) is 0 Å². The van der Waals surface area contributed by atoms with Crippen LogP contribution < -0.4 is 10.6 Å². The first-order valence-corrected chi connectivity index (χ1v) is 37.4. The summed E-state index contributed by atoms with van der Waals surface area (Å²) in [5.74, 6) is -6.09. The van der Waals surface area contributed by atoms with Gasteiger partial charge in [-0.1, -0.05) is 264 Å². The number of nitrogens with one attached hydrogen (secondary N) is 2. The Morgan fingerprint density at radius 1 is 0.511 bits per heavy atom. The molecule has 23 heteroatoms. The van der Waals surface area contributed by atoms with Gasteiger partial charge in [0.25, 0.3) is 5.79 Å². The second kappa shape index (κ2) is 51.8. The van der Waals surface area contributed by atoms with Gasteiger partial charge in [0, 0.05) is 19.8 Å². The van der Waals surface area contributed by atoms with E-state index in [1.807, 2.05) is 0 Å². The van der Waals surface area contributed by atoms with Gasteiger partial charge < -0.3 is 100 Å². The van der Waals surface area contributed by atoms with Gasteiger partial charge in [-0.2, -0.15) is 0 Å². The van der Waals surface area contributed by atoms with Crippen molar-refractivity contribution in [2.45, 2.75) is 407 Å². The summed E-state index contributed by atoms with van der Waals surface area (Å²) in [4.78, 5) is 38.6. The number of ether oxygens (including phenoxy) is 6. The number of aliphatic hydroxyl groups excluding tert-OH is 11. The number of aliphatic hydroxyl groups is 11. The molecule has 0 aromatic carbocycles. The molecule has 94 heavy (non-hydrogen) atoms. The third-order valence-corrected chi connectivity index (χ3v) is 19.3. The Morgan fingerprint density at radius 3 is 1.33 bits per heavy atom. The molecule has 3 rings (SSSR count). The van der Waals surface area contributed by atoms with Crippen LogP contribution in [0, 0.1) is 0 Å². The first-order valence-electron chi connectivity index (χ1n) is 37.4. The molecule has 0 spiro atoms. The van der Waals surface area contributed by atoms with Gasteiger partial charge in [0.2, 0.25) is 11.8 Å². The maximum Gasteiger partial charge on any atom is 0.364 e. The van der Waals surface area contributed by atoms with E-state index in [9.17, 15) is 75.7 Å². The molecule has 14 N–H and O–H groups in total. The minimum atomic E-state index is -3.08. The highest BCUT2D eigenvalue weighted by Gasteiger charge is 2.60. The largest absolute Gasteiger partial charge is 0.477 e. The first-order chi connectivity index (χ1) is 45.4. The van der Waals surface area contributed by atoms with Crippen LogP contribution in [0.15, 0.2) is 0 Å². The van der Waals surface area contributed by atoms with Crippen LogP contribution in [0.2, 0.25) is 0 Å². The molecule has 554 valence electrons. The lowest BCUT2D eigenvalue weighted by Gasteiger charge is -2.50. The lowest BCUT2D eigenvalue weighted by atomic mass is 9.88. The van der Waals surface area contributed by atoms with Crippen LogP contribution in [0.25, 0.3) is 0 Å². The quantitative estimate of drug-likeness (QED) is 0.0256. The van der Waals surface area contributed by atoms with Gasteiger partial charge in [-0.15, -0.1) is 0 Å². The molecule has 2 amide bonds. The molecule has 0 bridgehead atoms. The Balaban J connectivity index is 1.49. The zero-order valence-electron chi connectivity index (χ0n) is 58.1. The number of hydrogen-bond donors (Lipinski definition) is 14. The maximum absolute atomic E-state index is 13.5. The van der Waals surface area contributed by atoms with Crippen molar-refractivity contribution in [3.63, 3.8) is 0 Å². The highest BCUT2D eigenvalue weighted by molar-refractivity contribution is 5.77. The molecule has 0 aromatic heterocycles. The summed E-state index contributed by atoms with van der Waals surface area (Å²) in [6, 6.07) is -2.52. The van der Waals surface area contributed by atoms with Crippen LogP contribution in [-0.2, 0) is 42.8 Å². The van der Waals surface area contributed by atoms with E-state index >= 15 is 0 Å². The minimum absolute atomic E-state index is 0.229. The number of carboxylic acid groups (broad SMARTS) is 1. The second-order valence-electron chi connectivity index (χ2n) is 27.5. The molecule has 3 aliphatic heterocycles. The molecule has 3 fully saturated rings. The van der Waals surface area contributed by atoms with Crippen molar-refractivity contribution in [3.05, 3.63) is 0 Å². The van der Waals surface area contributed by atoms with Gasteiger partial charge in [-0.25, -0.2) is 4.79 Å². The van der Waals surface area contributed by atoms with Crippen LogP contribution in [0.4, 0.5) is 0 Å². The number of aliphatic carboxylic acids is 1. The topological polar surface area (TPSA) is 373 Å². The van der Waals surface area contributed by atoms with Gasteiger partial charge in [-0.3, -0.25) is 9.59 Å². The standard InChI is InChI=1S/C71H134N2O21/c1-4-6-8-10-12-14-16-18-19-20-21-22-23-24-25-26-27-28-29-30-31-32-33-35-37-39-41-43-45-58(81)73-52(53(78)44-42-40-38-36-34-17-15-13-11-9-7-5-2)50-89-68-63(85)62(84)65(57(49-76)91-68)92-69-64(86)67(61(83)56(48-75)90-69)94-71(70(87)88)46-54(79)59(72-51(3)77)66(93-71)60(82)55(80)47-74/h52-57,59-69,74-76,78-80,82-86H,4-50H2,1-3H3,(H,72,77)(H,73,81)(H,87,88). The van der Waals surface area contributed by atoms with Crippen molar-refractivity contribution in [2.24, 2.45) is 0 Å². The van der Waals surface area contributed by atoms with Crippen LogP contribution in [0.3, 0.4) is 0 Å². The van der Waals surface area contributed by atoms with Crippen molar-refractivity contribution in [2.75, 3.05) is 26.4 Å². The lowest BCUT2D eigenvalue weighted by molar-refractivity contribution is -0.386. The lowest BCUT2D eigenvalue weighted by Crippen LogP contribution is -2.70. The smallest absolute Gasteiger partial charge is 0.364 e. The first kappa shape index (κ1) is 86.0. The molecule has 3 aliphatic rings. The number of carbonyl (C=O) groups is 3. The summed E-state index contributed by atoms with van der Waals surface area (Å²) >= 11 is 0. The fraction of sp³-hybridized carbons (Fsp3) is 0.958. The summed E-state index contributed by atoms with van der Waals surface area (Å²) < 4.78 is 34.9. The van der Waals surface area contributed by atoms with Gasteiger partial charge in [0.05, 0.1) is 50.7 Å². The fourth-order valence-electron chi connectivity index (χ4n) is 13.4. The third kappa shape index (κ3) is 33.3. The number of unbranched alkanes of at least 4 members (excludes halogenated alkanes) is 38. The van der Waals surface area contributed by atoms with E-state index in [0.29, 0.717) is 19.3 Å². The highest BCUT2D eigenvalue weighted by atomic mass is 16.8. The van der Waals surface area contributed by atoms with Crippen LogP contribution in [-0.4, -0.2) is 215 Å². The Kier molecular flexibility index (Phi) is 47.4. The van der Waals surface area contributed by atoms with E-state index in [2.05, 4.69) is 24.5 Å². The third-order valence-electron chi connectivity index (χ3n) is 19.3. The Morgan fingerprint density at radius 2 is 0.926 bits per heavy atom. The molecule has 23 nitrogen and oxygen atoms in total. The summed E-state index contributed by atoms with van der Waals surface area (Å²) in [6.45, 7) is 2.22. The molecule has 0 aliphatic carbocycles. The Hall–Kier alpha value is -2.27. The number of carboxylic acids is 1. The normalized spacial score (nSPS) is 27.8. The molecule has 0 radical (unpaired) electrons. The van der Waals surface area contributed by atoms with Crippen molar-refractivity contribution in [1.82, 2.24) is 10.6 Å². The Labute approximate surface area is 563 Å². The molecule has 3 saturated heterocycles. The second-order valence-corrected chi connectivity index (χ2v) is 27.5. The molecule has 3 heterocycles. The molecular weight excluding hydrogens is 1220 g/mol. The summed E-state index contributed by atoms with van der Waals surface area (Å²) in [5, 5.41) is 136. The average molecular weight is 1350 g/mol. The van der Waals surface area contributed by atoms with Crippen molar-refractivity contribution < 1.29 is 104 Å². The number of rotatable bonds is 58. The van der Waals surface area contributed by atoms with E-state index < -0.39 is 148 Å². The average Bonchev–Trinajstić information content (AvgIpc) is 0.755. The van der Waals surface area contributed by atoms with Gasteiger partial charge in [-0.05, 0) is 12.8 Å². The molecule has 18 unspecified atom stereocenters. The van der Waals surface area contributed by atoms with E-state index in [0.717, 1.165) is 51.9 Å². The SMILES string of the molecule is CCCCCCCCCCCCCCCCCCCCCCCCCCCCCCC(=O)NC(COC1OC(CO)C(OC2OC(CO)C(O)C(OC3(C(=O)O)CC(O)C(NC(C)=O)C(C(O)C(O)CO)O3)C2O)C(O)C1O)C(O)CCCCCCCCCCCCCC. The van der Waals surface area contributed by atoms with E-state index in [1.165, 1.54) is 199 Å². The summed E-state index contributed by atoms with van der Waals surface area (Å²) in [6.07, 6.45) is 21.3.